The smallest absolute Gasteiger partial charge is 0.329 e. The van der Waals surface area contributed by atoms with E-state index in [4.69, 9.17) is 14.9 Å². The van der Waals surface area contributed by atoms with Gasteiger partial charge >= 0.3 is 5.97 Å². The molecule has 2 aliphatic rings. The lowest BCUT2D eigenvalue weighted by Crippen LogP contribution is -2.44. The number of aliphatic hydroxyl groups is 1. The van der Waals surface area contributed by atoms with Gasteiger partial charge in [0, 0.05) is 44.6 Å². The summed E-state index contributed by atoms with van der Waals surface area (Å²) in [6, 6.07) is -0.929. The standard InChI is InChI=1S/C36H46FN9O7S/c1-21(2)33-23(15-31(49)40-11-13-45-19-26(43-44-45)29-18-41-36(38)54-29)8-9-30(48)39-10-4-6-22(3)14-25(47)16-24(37)17-32-42-27(20-52-32)34(50)46-12-5-7-28(46)35(51)53-33/h4,6,8-9,14,18-21,23-25,28,33,47H,5,7,10-13,15-17H2,1-3H3,(H2,38,41)(H,39,48)(H,40,49)/b6-4?,9-8+,22-14?/t23-,24+,25+,28+,33+/m0/s1. The van der Waals surface area contributed by atoms with Crippen molar-refractivity contribution in [2.24, 2.45) is 11.8 Å². The number of fused-ring (bicyclic) bond motifs is 3. The highest BCUT2D eigenvalue weighted by Gasteiger charge is 2.39. The van der Waals surface area contributed by atoms with E-state index < -0.39 is 48.1 Å². The molecule has 1 saturated heterocycles. The molecule has 0 spiro atoms. The van der Waals surface area contributed by atoms with Crippen LogP contribution in [0.1, 0.15) is 62.8 Å². The summed E-state index contributed by atoms with van der Waals surface area (Å²) < 4.78 is 27.9. The van der Waals surface area contributed by atoms with Crippen LogP contribution in [-0.2, 0) is 32.1 Å². The van der Waals surface area contributed by atoms with E-state index in [1.54, 1.807) is 42.2 Å². The number of cyclic esters (lactones) is 1. The first-order valence-electron chi connectivity index (χ1n) is 17.8. The Hall–Kier alpha value is -5.23. The minimum atomic E-state index is -1.50. The van der Waals surface area contributed by atoms with Crippen molar-refractivity contribution < 1.29 is 37.8 Å². The van der Waals surface area contributed by atoms with E-state index in [0.717, 1.165) is 11.1 Å². The number of nitrogens with zero attached hydrogens (tertiary/aromatic N) is 6. The van der Waals surface area contributed by atoms with E-state index >= 15 is 0 Å². The number of hydrogen-bond acceptors (Lipinski definition) is 13. The number of nitrogens with two attached hydrogens (primary N) is 1. The monoisotopic (exact) mass is 767 g/mol. The van der Waals surface area contributed by atoms with Gasteiger partial charge in [-0.2, -0.15) is 0 Å². The lowest BCUT2D eigenvalue weighted by molar-refractivity contribution is -0.159. The second-order valence-electron chi connectivity index (χ2n) is 13.6. The number of esters is 1. The van der Waals surface area contributed by atoms with Crippen molar-refractivity contribution in [3.8, 4) is 10.6 Å². The summed E-state index contributed by atoms with van der Waals surface area (Å²) in [5.41, 5.74) is 6.91. The molecule has 0 radical (unpaired) electrons. The number of carbonyl (C=O) groups excluding carboxylic acids is 4. The van der Waals surface area contributed by atoms with Crippen LogP contribution < -0.4 is 16.4 Å². The van der Waals surface area contributed by atoms with E-state index in [1.165, 1.54) is 28.4 Å². The lowest BCUT2D eigenvalue weighted by Gasteiger charge is -2.30. The summed E-state index contributed by atoms with van der Waals surface area (Å²) in [4.78, 5) is 63.8. The third-order valence-electron chi connectivity index (χ3n) is 8.91. The molecule has 18 heteroatoms. The minimum absolute atomic E-state index is 0.00791. The number of amides is 3. The van der Waals surface area contributed by atoms with Crippen LogP contribution in [-0.4, -0.2) is 103 Å². The highest BCUT2D eigenvalue weighted by Crippen LogP contribution is 2.28. The zero-order chi connectivity index (χ0) is 38.8. The van der Waals surface area contributed by atoms with Crippen molar-refractivity contribution in [1.29, 1.82) is 0 Å². The maximum atomic E-state index is 14.8. The predicted molar refractivity (Wildman–Crippen MR) is 196 cm³/mol. The number of rotatable bonds is 7. The average Bonchev–Trinajstić information content (AvgIpc) is 3.94. The Bertz CT molecular complexity index is 1870. The number of nitrogen functional groups attached to an aromatic ring is 1. The van der Waals surface area contributed by atoms with Crippen LogP contribution in [0, 0.1) is 11.8 Å². The van der Waals surface area contributed by atoms with Crippen molar-refractivity contribution in [1.82, 2.24) is 40.5 Å². The molecular formula is C36H46FN9O7S. The third-order valence-corrected chi connectivity index (χ3v) is 9.75. The molecule has 0 aliphatic carbocycles. The van der Waals surface area contributed by atoms with Gasteiger partial charge in [0.25, 0.3) is 5.91 Å². The van der Waals surface area contributed by atoms with Crippen LogP contribution in [0.3, 0.4) is 0 Å². The molecule has 5 rings (SSSR count). The Morgan fingerprint density at radius 1 is 1.24 bits per heavy atom. The minimum Gasteiger partial charge on any atom is -0.460 e. The normalized spacial score (nSPS) is 24.1. The Kier molecular flexibility index (Phi) is 13.8. The fourth-order valence-corrected chi connectivity index (χ4v) is 6.92. The summed E-state index contributed by atoms with van der Waals surface area (Å²) in [6.07, 6.45) is 9.05. The molecule has 5 atom stereocenters. The van der Waals surface area contributed by atoms with E-state index in [9.17, 15) is 28.7 Å². The van der Waals surface area contributed by atoms with Crippen molar-refractivity contribution in [3.05, 3.63) is 66.2 Å². The molecular weight excluding hydrogens is 722 g/mol. The molecule has 3 amide bonds. The molecule has 290 valence electrons. The Balaban J connectivity index is 1.32. The van der Waals surface area contributed by atoms with Gasteiger partial charge in [-0.1, -0.05) is 60.3 Å². The highest BCUT2D eigenvalue weighted by atomic mass is 32.1. The zero-order valence-corrected chi connectivity index (χ0v) is 31.2. The molecule has 3 aromatic heterocycles. The van der Waals surface area contributed by atoms with Crippen LogP contribution in [0.15, 0.2) is 59.0 Å². The van der Waals surface area contributed by atoms with Gasteiger partial charge in [0.2, 0.25) is 11.8 Å². The number of carbonyl (C=O) groups is 4. The number of nitrogens with one attached hydrogen (secondary N) is 2. The van der Waals surface area contributed by atoms with Gasteiger partial charge in [-0.25, -0.2) is 19.2 Å². The molecule has 5 heterocycles. The maximum absolute atomic E-state index is 14.8. The molecule has 2 bridgehead atoms. The van der Waals surface area contributed by atoms with E-state index in [1.807, 2.05) is 13.8 Å². The summed E-state index contributed by atoms with van der Waals surface area (Å²) >= 11 is 1.28. The first-order valence-corrected chi connectivity index (χ1v) is 18.7. The number of aromatic nitrogens is 5. The molecule has 0 unspecified atom stereocenters. The number of thiazole rings is 1. The van der Waals surface area contributed by atoms with Crippen molar-refractivity contribution >= 4 is 40.2 Å². The maximum Gasteiger partial charge on any atom is 0.329 e. The molecule has 2 aliphatic heterocycles. The molecule has 0 saturated carbocycles. The Morgan fingerprint density at radius 2 is 2.06 bits per heavy atom. The molecule has 5 N–H and O–H groups in total. The topological polar surface area (TPSA) is 221 Å². The number of ether oxygens (including phenoxy) is 1. The fourth-order valence-electron chi connectivity index (χ4n) is 6.29. The van der Waals surface area contributed by atoms with Crippen LogP contribution in [0.4, 0.5) is 9.52 Å². The van der Waals surface area contributed by atoms with E-state index in [2.05, 4.69) is 30.9 Å². The fraction of sp³-hybridized carbons (Fsp3) is 0.500. The van der Waals surface area contributed by atoms with Gasteiger partial charge in [0.05, 0.1) is 30.1 Å². The zero-order valence-electron chi connectivity index (χ0n) is 30.4. The van der Waals surface area contributed by atoms with Crippen LogP contribution in [0.25, 0.3) is 10.6 Å². The summed E-state index contributed by atoms with van der Waals surface area (Å²) in [6.45, 7) is 6.39. The number of allylic oxidation sites excluding steroid dienone is 2. The SMILES string of the molecule is CC1=C[C@@H](O)C[C@@H](F)Cc2nc(co2)C(=O)N2CCC[C@@H]2C(=O)O[C@H](C(C)C)[C@H](CC(=O)NCCn2cc(-c3cnc(N)s3)nn2)/C=C/C(=O)NCC=C1. The molecule has 16 nitrogen and oxygen atoms in total. The second-order valence-corrected chi connectivity index (χ2v) is 14.7. The molecule has 0 aromatic carbocycles. The molecule has 1 fully saturated rings. The first kappa shape index (κ1) is 40.0. The summed E-state index contributed by atoms with van der Waals surface area (Å²) in [5.74, 6) is -3.01. The number of hydrogen-bond donors (Lipinski definition) is 4. The van der Waals surface area contributed by atoms with Crippen LogP contribution >= 0.6 is 11.3 Å². The third kappa shape index (κ3) is 11.1. The van der Waals surface area contributed by atoms with Gasteiger partial charge < -0.3 is 35.5 Å². The largest absolute Gasteiger partial charge is 0.460 e. The summed E-state index contributed by atoms with van der Waals surface area (Å²) in [7, 11) is 0. The van der Waals surface area contributed by atoms with E-state index in [0.29, 0.717) is 35.8 Å². The van der Waals surface area contributed by atoms with Crippen molar-refractivity contribution in [2.45, 2.75) is 83.8 Å². The highest BCUT2D eigenvalue weighted by molar-refractivity contribution is 7.18. The number of alkyl halides is 1. The van der Waals surface area contributed by atoms with Crippen LogP contribution in [0.5, 0.6) is 0 Å². The second kappa shape index (κ2) is 18.7. The van der Waals surface area contributed by atoms with Crippen molar-refractivity contribution in [3.63, 3.8) is 0 Å². The van der Waals surface area contributed by atoms with Gasteiger partial charge in [0.1, 0.15) is 30.3 Å². The number of aliphatic hydroxyl groups excluding tert-OH is 1. The Morgan fingerprint density at radius 3 is 2.81 bits per heavy atom. The number of oxazole rings is 1. The van der Waals surface area contributed by atoms with Gasteiger partial charge in [-0.05, 0) is 31.8 Å². The lowest BCUT2D eigenvalue weighted by atomic mass is 9.89. The van der Waals surface area contributed by atoms with Gasteiger partial charge in [0.15, 0.2) is 16.7 Å². The summed E-state index contributed by atoms with van der Waals surface area (Å²) in [5, 5.41) is 24.7. The van der Waals surface area contributed by atoms with Crippen molar-refractivity contribution in [2.75, 3.05) is 25.4 Å². The molecule has 54 heavy (non-hydrogen) atoms. The van der Waals surface area contributed by atoms with Gasteiger partial charge in [-0.3, -0.25) is 19.1 Å². The molecule has 3 aromatic rings. The first-order chi connectivity index (χ1) is 25.9. The van der Waals surface area contributed by atoms with Crippen LogP contribution in [0.2, 0.25) is 0 Å². The Labute approximate surface area is 315 Å². The number of anilines is 1. The number of halogens is 1. The average molecular weight is 768 g/mol. The van der Waals surface area contributed by atoms with Gasteiger partial charge in [-0.15, -0.1) is 5.10 Å². The van der Waals surface area contributed by atoms with E-state index in [-0.39, 0.29) is 62.3 Å². The quantitative estimate of drug-likeness (QED) is 0.255. The predicted octanol–water partition coefficient (Wildman–Crippen LogP) is 2.79.